The summed E-state index contributed by atoms with van der Waals surface area (Å²) in [5.41, 5.74) is 1.11. The SMILES string of the molecule is Cc1ncccc1C(O)O. The van der Waals surface area contributed by atoms with Gasteiger partial charge < -0.3 is 10.2 Å². The lowest BCUT2D eigenvalue weighted by Gasteiger charge is -2.04. The maximum Gasteiger partial charge on any atom is 0.180 e. The molecule has 0 aliphatic carbocycles. The van der Waals surface area contributed by atoms with Gasteiger partial charge in [-0.1, -0.05) is 6.07 Å². The molecule has 0 radical (unpaired) electrons. The maximum absolute atomic E-state index is 8.72. The summed E-state index contributed by atoms with van der Waals surface area (Å²) in [5.74, 6) is 0. The monoisotopic (exact) mass is 139 g/mol. The molecule has 0 fully saturated rings. The average molecular weight is 139 g/mol. The Morgan fingerprint density at radius 1 is 1.50 bits per heavy atom. The number of aromatic nitrogens is 1. The van der Waals surface area contributed by atoms with E-state index >= 15 is 0 Å². The van der Waals surface area contributed by atoms with Crippen LogP contribution in [0.5, 0.6) is 0 Å². The van der Waals surface area contributed by atoms with Crippen molar-refractivity contribution in [2.75, 3.05) is 0 Å². The van der Waals surface area contributed by atoms with Gasteiger partial charge in [-0.3, -0.25) is 4.98 Å². The van der Waals surface area contributed by atoms with Crippen LogP contribution < -0.4 is 0 Å². The molecule has 0 saturated carbocycles. The molecule has 3 nitrogen and oxygen atoms in total. The van der Waals surface area contributed by atoms with E-state index in [1.807, 2.05) is 0 Å². The van der Waals surface area contributed by atoms with E-state index in [1.54, 1.807) is 25.3 Å². The Bertz CT molecular complexity index is 223. The van der Waals surface area contributed by atoms with Crippen LogP contribution in [0, 0.1) is 6.92 Å². The lowest BCUT2D eigenvalue weighted by Crippen LogP contribution is -1.98. The third kappa shape index (κ3) is 1.32. The summed E-state index contributed by atoms with van der Waals surface area (Å²) < 4.78 is 0. The molecule has 10 heavy (non-hydrogen) atoms. The molecule has 0 atom stereocenters. The maximum atomic E-state index is 8.72. The Kier molecular flexibility index (Phi) is 1.99. The topological polar surface area (TPSA) is 53.4 Å². The minimum Gasteiger partial charge on any atom is -0.364 e. The third-order valence-corrected chi connectivity index (χ3v) is 1.33. The first-order chi connectivity index (χ1) is 4.72. The van der Waals surface area contributed by atoms with E-state index in [-0.39, 0.29) is 0 Å². The highest BCUT2D eigenvalue weighted by molar-refractivity contribution is 5.18. The number of nitrogens with zero attached hydrogens (tertiary/aromatic N) is 1. The van der Waals surface area contributed by atoms with Gasteiger partial charge in [-0.15, -0.1) is 0 Å². The van der Waals surface area contributed by atoms with Gasteiger partial charge in [0, 0.05) is 17.5 Å². The van der Waals surface area contributed by atoms with Crippen LogP contribution in [0.4, 0.5) is 0 Å². The Morgan fingerprint density at radius 3 is 2.60 bits per heavy atom. The lowest BCUT2D eigenvalue weighted by molar-refractivity contribution is -0.0432. The summed E-state index contributed by atoms with van der Waals surface area (Å²) >= 11 is 0. The first-order valence-corrected chi connectivity index (χ1v) is 2.99. The minimum absolute atomic E-state index is 0.461. The average Bonchev–Trinajstić information content (AvgIpc) is 1.88. The van der Waals surface area contributed by atoms with Crippen molar-refractivity contribution in [1.82, 2.24) is 4.98 Å². The van der Waals surface area contributed by atoms with Crippen molar-refractivity contribution < 1.29 is 10.2 Å². The zero-order valence-corrected chi connectivity index (χ0v) is 5.65. The normalized spacial score (nSPS) is 10.4. The van der Waals surface area contributed by atoms with Crippen molar-refractivity contribution in [1.29, 1.82) is 0 Å². The summed E-state index contributed by atoms with van der Waals surface area (Å²) in [7, 11) is 0. The number of rotatable bonds is 1. The number of aliphatic hydroxyl groups is 2. The molecule has 0 aliphatic rings. The van der Waals surface area contributed by atoms with Crippen LogP contribution in [-0.2, 0) is 0 Å². The van der Waals surface area contributed by atoms with E-state index in [4.69, 9.17) is 10.2 Å². The van der Waals surface area contributed by atoms with Gasteiger partial charge >= 0.3 is 0 Å². The van der Waals surface area contributed by atoms with Gasteiger partial charge in [0.1, 0.15) is 0 Å². The summed E-state index contributed by atoms with van der Waals surface area (Å²) in [6.45, 7) is 1.73. The number of aliphatic hydroxyl groups excluding tert-OH is 1. The fraction of sp³-hybridized carbons (Fsp3) is 0.286. The van der Waals surface area contributed by atoms with Crippen molar-refractivity contribution >= 4 is 0 Å². The van der Waals surface area contributed by atoms with Crippen LogP contribution in [0.15, 0.2) is 18.3 Å². The lowest BCUT2D eigenvalue weighted by atomic mass is 10.2. The molecular formula is C7H9NO2. The smallest absolute Gasteiger partial charge is 0.180 e. The van der Waals surface area contributed by atoms with E-state index in [9.17, 15) is 0 Å². The second-order valence-corrected chi connectivity index (χ2v) is 2.05. The van der Waals surface area contributed by atoms with Gasteiger partial charge in [0.05, 0.1) is 0 Å². The number of aryl methyl sites for hydroxylation is 1. The van der Waals surface area contributed by atoms with Crippen LogP contribution in [0.2, 0.25) is 0 Å². The standard InChI is InChI=1S/C7H9NO2/c1-5-6(7(9)10)3-2-4-8-5/h2-4,7,9-10H,1H3. The molecule has 54 valence electrons. The highest BCUT2D eigenvalue weighted by Gasteiger charge is 2.04. The van der Waals surface area contributed by atoms with E-state index in [1.165, 1.54) is 0 Å². The molecule has 1 heterocycles. The molecule has 3 heteroatoms. The molecule has 2 N–H and O–H groups in total. The van der Waals surface area contributed by atoms with Gasteiger partial charge in [-0.2, -0.15) is 0 Å². The number of pyridine rings is 1. The van der Waals surface area contributed by atoms with Crippen molar-refractivity contribution in [3.63, 3.8) is 0 Å². The Labute approximate surface area is 59.0 Å². The van der Waals surface area contributed by atoms with Crippen molar-refractivity contribution in [2.45, 2.75) is 13.2 Å². The predicted molar refractivity (Wildman–Crippen MR) is 36.2 cm³/mol. The fourth-order valence-corrected chi connectivity index (χ4v) is 0.770. The largest absolute Gasteiger partial charge is 0.364 e. The van der Waals surface area contributed by atoms with Gasteiger partial charge in [0.25, 0.3) is 0 Å². The molecule has 0 bridgehead atoms. The predicted octanol–water partition coefficient (Wildman–Crippen LogP) is 0.373. The van der Waals surface area contributed by atoms with Crippen LogP contribution in [0.3, 0.4) is 0 Å². The van der Waals surface area contributed by atoms with Crippen molar-refractivity contribution in [3.8, 4) is 0 Å². The molecule has 0 saturated heterocycles. The van der Waals surface area contributed by atoms with Crippen LogP contribution >= 0.6 is 0 Å². The molecule has 1 aromatic rings. The van der Waals surface area contributed by atoms with E-state index in [2.05, 4.69) is 4.98 Å². The van der Waals surface area contributed by atoms with Gasteiger partial charge in [0.15, 0.2) is 6.29 Å². The first-order valence-electron chi connectivity index (χ1n) is 2.99. The third-order valence-electron chi connectivity index (χ3n) is 1.33. The zero-order valence-electron chi connectivity index (χ0n) is 5.65. The number of hydrogen-bond donors (Lipinski definition) is 2. The molecule has 1 aromatic heterocycles. The molecule has 0 aromatic carbocycles. The second-order valence-electron chi connectivity index (χ2n) is 2.05. The number of hydrogen-bond acceptors (Lipinski definition) is 3. The Balaban J connectivity index is 3.03. The quantitative estimate of drug-likeness (QED) is 0.553. The molecule has 0 amide bonds. The fourth-order valence-electron chi connectivity index (χ4n) is 0.770. The van der Waals surface area contributed by atoms with Gasteiger partial charge in [-0.05, 0) is 13.0 Å². The van der Waals surface area contributed by atoms with E-state index in [0.717, 1.165) is 0 Å². The molecule has 0 spiro atoms. The summed E-state index contributed by atoms with van der Waals surface area (Å²) in [4.78, 5) is 3.88. The first kappa shape index (κ1) is 7.18. The summed E-state index contributed by atoms with van der Waals surface area (Å²) in [5, 5.41) is 17.4. The highest BCUT2D eigenvalue weighted by Crippen LogP contribution is 2.10. The van der Waals surface area contributed by atoms with Gasteiger partial charge in [-0.25, -0.2) is 0 Å². The van der Waals surface area contributed by atoms with Crippen molar-refractivity contribution in [3.05, 3.63) is 29.6 Å². The zero-order chi connectivity index (χ0) is 7.56. The molecule has 0 unspecified atom stereocenters. The summed E-state index contributed by atoms with van der Waals surface area (Å²) in [6, 6.07) is 3.30. The second kappa shape index (κ2) is 2.77. The minimum atomic E-state index is -1.41. The van der Waals surface area contributed by atoms with Crippen LogP contribution in [0.1, 0.15) is 17.5 Å². The molecule has 1 rings (SSSR count). The van der Waals surface area contributed by atoms with E-state index < -0.39 is 6.29 Å². The van der Waals surface area contributed by atoms with Crippen LogP contribution in [-0.4, -0.2) is 15.2 Å². The van der Waals surface area contributed by atoms with Crippen molar-refractivity contribution in [2.24, 2.45) is 0 Å². The molecular weight excluding hydrogens is 130 g/mol. The molecule has 0 aliphatic heterocycles. The Hall–Kier alpha value is -0.930. The van der Waals surface area contributed by atoms with Crippen LogP contribution in [0.25, 0.3) is 0 Å². The van der Waals surface area contributed by atoms with Gasteiger partial charge in [0.2, 0.25) is 0 Å². The Morgan fingerprint density at radius 2 is 2.20 bits per heavy atom. The highest BCUT2D eigenvalue weighted by atomic mass is 16.5. The summed E-state index contributed by atoms with van der Waals surface area (Å²) in [6.07, 6.45) is 0.204. The van der Waals surface area contributed by atoms with E-state index in [0.29, 0.717) is 11.3 Å².